The largest absolute Gasteiger partial charge is 0.321 e. The molecule has 0 aromatic heterocycles. The quantitative estimate of drug-likeness (QED) is 0.672. The minimum absolute atomic E-state index is 0.0142. The second-order valence-corrected chi connectivity index (χ2v) is 5.27. The van der Waals surface area contributed by atoms with Crippen molar-refractivity contribution in [3.63, 3.8) is 0 Å². The Hall–Kier alpha value is -2.40. The van der Waals surface area contributed by atoms with E-state index >= 15 is 0 Å². The lowest BCUT2D eigenvalue weighted by atomic mass is 10.0. The number of aryl methyl sites for hydroxylation is 2. The summed E-state index contributed by atoms with van der Waals surface area (Å²) in [5, 5.41) is 14.1. The van der Waals surface area contributed by atoms with Gasteiger partial charge in [-0.3, -0.25) is 14.9 Å². The maximum absolute atomic E-state index is 12.4. The Kier molecular flexibility index (Phi) is 4.78. The number of nitrogens with one attached hydrogen (secondary N) is 1. The number of benzene rings is 2. The Morgan fingerprint density at radius 2 is 2.05 bits per heavy atom. The van der Waals surface area contributed by atoms with Gasteiger partial charge in [-0.1, -0.05) is 36.7 Å². The average Bonchev–Trinajstić information content (AvgIpc) is 2.48. The first-order valence-electron chi connectivity index (χ1n) is 6.77. The van der Waals surface area contributed by atoms with Crippen molar-refractivity contribution in [1.82, 2.24) is 0 Å². The Labute approximate surface area is 133 Å². The molecule has 0 aliphatic carbocycles. The maximum atomic E-state index is 12.4. The van der Waals surface area contributed by atoms with Gasteiger partial charge in [0, 0.05) is 16.8 Å². The molecule has 114 valence electrons. The Morgan fingerprint density at radius 3 is 2.68 bits per heavy atom. The molecule has 2 rings (SSSR count). The second-order valence-electron chi connectivity index (χ2n) is 4.84. The third kappa shape index (κ3) is 3.26. The lowest BCUT2D eigenvalue weighted by Crippen LogP contribution is -2.16. The highest BCUT2D eigenvalue weighted by molar-refractivity contribution is 6.31. The van der Waals surface area contributed by atoms with Crippen molar-refractivity contribution in [3.05, 3.63) is 68.2 Å². The number of para-hydroxylation sites is 1. The van der Waals surface area contributed by atoms with E-state index in [2.05, 4.69) is 5.32 Å². The summed E-state index contributed by atoms with van der Waals surface area (Å²) in [7, 11) is 0. The number of anilines is 1. The van der Waals surface area contributed by atoms with Gasteiger partial charge in [0.25, 0.3) is 11.6 Å². The van der Waals surface area contributed by atoms with E-state index in [0.717, 1.165) is 17.5 Å². The molecule has 0 fully saturated rings. The van der Waals surface area contributed by atoms with Crippen LogP contribution in [-0.2, 0) is 6.42 Å². The van der Waals surface area contributed by atoms with Crippen LogP contribution in [0.3, 0.4) is 0 Å². The molecule has 0 spiro atoms. The maximum Gasteiger partial charge on any atom is 0.283 e. The molecule has 0 saturated carbocycles. The number of rotatable bonds is 4. The summed E-state index contributed by atoms with van der Waals surface area (Å²) >= 11 is 5.76. The minimum atomic E-state index is -0.612. The van der Waals surface area contributed by atoms with E-state index in [1.807, 2.05) is 32.0 Å². The Bertz CT molecular complexity index is 744. The topological polar surface area (TPSA) is 72.2 Å². The number of nitro benzene ring substituents is 1. The standard InChI is InChI=1S/C16H15ClN2O3/c1-3-11-6-4-5-10(2)15(11)18-16(20)13-8-7-12(17)9-14(13)19(21)22/h4-9H,3H2,1-2H3,(H,18,20). The molecule has 2 aromatic carbocycles. The summed E-state index contributed by atoms with van der Waals surface area (Å²) < 4.78 is 0. The van der Waals surface area contributed by atoms with E-state index in [4.69, 9.17) is 11.6 Å². The van der Waals surface area contributed by atoms with Crippen LogP contribution in [0.5, 0.6) is 0 Å². The number of nitrogens with zero attached hydrogens (tertiary/aromatic N) is 1. The molecule has 22 heavy (non-hydrogen) atoms. The van der Waals surface area contributed by atoms with Crippen LogP contribution in [-0.4, -0.2) is 10.8 Å². The summed E-state index contributed by atoms with van der Waals surface area (Å²) in [6.45, 7) is 3.86. The van der Waals surface area contributed by atoms with Crippen molar-refractivity contribution < 1.29 is 9.72 Å². The molecule has 1 N–H and O–H groups in total. The van der Waals surface area contributed by atoms with Crippen LogP contribution in [0.1, 0.15) is 28.4 Å². The van der Waals surface area contributed by atoms with Gasteiger partial charge in [-0.05, 0) is 36.6 Å². The molecule has 2 aromatic rings. The third-order valence-corrected chi connectivity index (χ3v) is 3.61. The van der Waals surface area contributed by atoms with Crippen LogP contribution < -0.4 is 5.32 Å². The summed E-state index contributed by atoms with van der Waals surface area (Å²) in [6, 6.07) is 9.70. The fraction of sp³-hybridized carbons (Fsp3) is 0.188. The molecule has 0 aliphatic heterocycles. The van der Waals surface area contributed by atoms with Crippen LogP contribution in [0.25, 0.3) is 0 Å². The van der Waals surface area contributed by atoms with Crippen molar-refractivity contribution in [3.8, 4) is 0 Å². The van der Waals surface area contributed by atoms with Gasteiger partial charge in [-0.15, -0.1) is 0 Å². The highest BCUT2D eigenvalue weighted by Crippen LogP contribution is 2.26. The number of hydrogen-bond donors (Lipinski definition) is 1. The zero-order valence-corrected chi connectivity index (χ0v) is 13.0. The number of amides is 1. The van der Waals surface area contributed by atoms with Gasteiger partial charge >= 0.3 is 0 Å². The smallest absolute Gasteiger partial charge is 0.283 e. The molecule has 0 saturated heterocycles. The number of nitro groups is 1. The van der Waals surface area contributed by atoms with Crippen LogP contribution in [0.15, 0.2) is 36.4 Å². The summed E-state index contributed by atoms with van der Waals surface area (Å²) in [5.74, 6) is -0.521. The molecule has 1 amide bonds. The van der Waals surface area contributed by atoms with Crippen molar-refractivity contribution in [2.45, 2.75) is 20.3 Å². The number of carbonyl (C=O) groups is 1. The molecule has 0 aliphatic rings. The fourth-order valence-corrected chi connectivity index (χ4v) is 2.40. The van der Waals surface area contributed by atoms with Gasteiger partial charge in [-0.25, -0.2) is 0 Å². The van der Waals surface area contributed by atoms with Crippen molar-refractivity contribution in [2.24, 2.45) is 0 Å². The third-order valence-electron chi connectivity index (χ3n) is 3.38. The first kappa shape index (κ1) is 16.0. The Balaban J connectivity index is 2.41. The molecule has 5 nitrogen and oxygen atoms in total. The predicted octanol–water partition coefficient (Wildman–Crippen LogP) is 4.37. The van der Waals surface area contributed by atoms with Gasteiger partial charge in [-0.2, -0.15) is 0 Å². The highest BCUT2D eigenvalue weighted by Gasteiger charge is 2.21. The van der Waals surface area contributed by atoms with Gasteiger partial charge in [0.15, 0.2) is 0 Å². The van der Waals surface area contributed by atoms with E-state index in [1.54, 1.807) is 0 Å². The van der Waals surface area contributed by atoms with Crippen molar-refractivity contribution in [1.29, 1.82) is 0 Å². The Morgan fingerprint density at radius 1 is 1.32 bits per heavy atom. The first-order chi connectivity index (χ1) is 10.4. The minimum Gasteiger partial charge on any atom is -0.321 e. The molecule has 0 bridgehead atoms. The fourth-order valence-electron chi connectivity index (χ4n) is 2.23. The molecule has 0 heterocycles. The SMILES string of the molecule is CCc1cccc(C)c1NC(=O)c1ccc(Cl)cc1[N+](=O)[O-]. The number of carbonyl (C=O) groups excluding carboxylic acids is 1. The van der Waals surface area contributed by atoms with E-state index in [-0.39, 0.29) is 16.3 Å². The molecule has 0 radical (unpaired) electrons. The predicted molar refractivity (Wildman–Crippen MR) is 86.6 cm³/mol. The number of halogens is 1. The molecular formula is C16H15ClN2O3. The van der Waals surface area contributed by atoms with Crippen LogP contribution in [0.4, 0.5) is 11.4 Å². The highest BCUT2D eigenvalue weighted by atomic mass is 35.5. The van der Waals surface area contributed by atoms with Gasteiger partial charge in [0.05, 0.1) is 4.92 Å². The normalized spacial score (nSPS) is 10.3. The van der Waals surface area contributed by atoms with Gasteiger partial charge in [0.2, 0.25) is 0 Å². The summed E-state index contributed by atoms with van der Waals surface area (Å²) in [4.78, 5) is 22.9. The summed E-state index contributed by atoms with van der Waals surface area (Å²) in [6.07, 6.45) is 0.750. The average molecular weight is 319 g/mol. The molecule has 6 heteroatoms. The van der Waals surface area contributed by atoms with Crippen LogP contribution >= 0.6 is 11.6 Å². The van der Waals surface area contributed by atoms with Crippen molar-refractivity contribution >= 4 is 28.9 Å². The first-order valence-corrected chi connectivity index (χ1v) is 7.15. The van der Waals surface area contributed by atoms with Crippen LogP contribution in [0, 0.1) is 17.0 Å². The van der Waals surface area contributed by atoms with Crippen molar-refractivity contribution in [2.75, 3.05) is 5.32 Å². The molecule has 0 atom stereocenters. The summed E-state index contributed by atoms with van der Waals surface area (Å²) in [5.41, 5.74) is 2.25. The monoisotopic (exact) mass is 318 g/mol. The number of hydrogen-bond acceptors (Lipinski definition) is 3. The van der Waals surface area contributed by atoms with E-state index in [9.17, 15) is 14.9 Å². The lowest BCUT2D eigenvalue weighted by Gasteiger charge is -2.13. The second kappa shape index (κ2) is 6.58. The van der Waals surface area contributed by atoms with E-state index in [0.29, 0.717) is 5.69 Å². The van der Waals surface area contributed by atoms with Crippen LogP contribution in [0.2, 0.25) is 5.02 Å². The lowest BCUT2D eigenvalue weighted by molar-refractivity contribution is -0.385. The zero-order valence-electron chi connectivity index (χ0n) is 12.2. The zero-order chi connectivity index (χ0) is 16.3. The molecular weight excluding hydrogens is 304 g/mol. The molecule has 0 unspecified atom stereocenters. The van der Waals surface area contributed by atoms with E-state index < -0.39 is 10.8 Å². The van der Waals surface area contributed by atoms with Gasteiger partial charge < -0.3 is 5.32 Å². The van der Waals surface area contributed by atoms with E-state index in [1.165, 1.54) is 18.2 Å². The van der Waals surface area contributed by atoms with Gasteiger partial charge in [0.1, 0.15) is 5.56 Å².